The number of halogens is 3. The van der Waals surface area contributed by atoms with Crippen LogP contribution in [0.1, 0.15) is 21.5 Å². The number of carbonyl (C=O) groups is 2. The number of carbonyl (C=O) groups excluding carboxylic acids is 2. The third-order valence-corrected chi connectivity index (χ3v) is 6.31. The Labute approximate surface area is 187 Å². The van der Waals surface area contributed by atoms with Crippen molar-refractivity contribution in [1.82, 2.24) is 9.80 Å². The van der Waals surface area contributed by atoms with Gasteiger partial charge in [-0.1, -0.05) is 30.8 Å². The minimum absolute atomic E-state index is 0.0547. The molecule has 1 N–H and O–H groups in total. The summed E-state index contributed by atoms with van der Waals surface area (Å²) in [6.07, 6.45) is -3.46. The molecule has 33 heavy (non-hydrogen) atoms. The number of fused-ring (bicyclic) bond motifs is 2. The van der Waals surface area contributed by atoms with Gasteiger partial charge in [-0.15, -0.1) is 0 Å². The van der Waals surface area contributed by atoms with Gasteiger partial charge in [0, 0.05) is 25.2 Å². The fourth-order valence-corrected chi connectivity index (χ4v) is 4.62. The highest BCUT2D eigenvalue weighted by Gasteiger charge is 2.43. The second-order valence-electron chi connectivity index (χ2n) is 8.30. The van der Waals surface area contributed by atoms with Gasteiger partial charge in [0.2, 0.25) is 5.91 Å². The molecule has 2 heterocycles. The lowest BCUT2D eigenvalue weighted by atomic mass is 9.91. The molecule has 0 atom stereocenters. The van der Waals surface area contributed by atoms with Gasteiger partial charge in [0.25, 0.3) is 5.91 Å². The minimum atomic E-state index is -4.66. The molecule has 5 nitrogen and oxygen atoms in total. The molecular weight excluding hydrogens is 433 g/mol. The number of rotatable bonds is 3. The Bertz CT molecular complexity index is 1330. The highest BCUT2D eigenvalue weighted by molar-refractivity contribution is 6.03. The largest absolute Gasteiger partial charge is 0.508 e. The Morgan fingerprint density at radius 2 is 1.79 bits per heavy atom. The van der Waals surface area contributed by atoms with Crippen molar-refractivity contribution in [3.63, 3.8) is 0 Å². The molecule has 8 heteroatoms. The number of likely N-dealkylation sites (tertiary alicyclic amines) is 1. The maximum Gasteiger partial charge on any atom is 0.417 e. The third-order valence-electron chi connectivity index (χ3n) is 6.31. The zero-order valence-electron chi connectivity index (χ0n) is 17.4. The average molecular weight is 452 g/mol. The molecule has 3 aromatic carbocycles. The van der Waals surface area contributed by atoms with E-state index in [1.807, 2.05) is 0 Å². The smallest absolute Gasteiger partial charge is 0.417 e. The predicted molar refractivity (Wildman–Crippen MR) is 116 cm³/mol. The van der Waals surface area contributed by atoms with E-state index in [2.05, 4.69) is 6.58 Å². The van der Waals surface area contributed by atoms with Crippen molar-refractivity contribution in [2.45, 2.75) is 18.8 Å². The summed E-state index contributed by atoms with van der Waals surface area (Å²) in [7, 11) is 0. The van der Waals surface area contributed by atoms with Crippen LogP contribution >= 0.6 is 0 Å². The Morgan fingerprint density at radius 3 is 2.48 bits per heavy atom. The zero-order chi connectivity index (χ0) is 23.5. The first-order chi connectivity index (χ1) is 15.7. The number of aromatic hydroxyl groups is 1. The zero-order valence-corrected chi connectivity index (χ0v) is 17.4. The molecule has 3 aromatic rings. The molecule has 0 radical (unpaired) electrons. The molecule has 2 amide bonds. The number of hydrogen-bond acceptors (Lipinski definition) is 3. The van der Waals surface area contributed by atoms with E-state index in [0.717, 1.165) is 6.07 Å². The summed E-state index contributed by atoms with van der Waals surface area (Å²) in [5.41, 5.74) is -0.296. The number of nitrogens with zero attached hydrogens (tertiary/aromatic N) is 2. The summed E-state index contributed by atoms with van der Waals surface area (Å²) in [6.45, 7) is 4.13. The average Bonchev–Trinajstić information content (AvgIpc) is 3.06. The lowest BCUT2D eigenvalue weighted by Crippen LogP contribution is -2.60. The quantitative estimate of drug-likeness (QED) is 0.592. The Morgan fingerprint density at radius 1 is 1.06 bits per heavy atom. The van der Waals surface area contributed by atoms with E-state index < -0.39 is 11.7 Å². The van der Waals surface area contributed by atoms with E-state index in [4.69, 9.17) is 0 Å². The number of phenols is 1. The van der Waals surface area contributed by atoms with Crippen LogP contribution in [0, 0.1) is 0 Å². The van der Waals surface area contributed by atoms with Crippen molar-refractivity contribution >= 4 is 22.6 Å². The molecule has 0 aromatic heterocycles. The molecular formula is C25H19F3N2O3. The van der Waals surface area contributed by atoms with Crippen molar-refractivity contribution in [1.29, 1.82) is 0 Å². The highest BCUT2D eigenvalue weighted by Crippen LogP contribution is 2.44. The molecule has 5 rings (SSSR count). The third kappa shape index (κ3) is 3.42. The summed E-state index contributed by atoms with van der Waals surface area (Å²) < 4.78 is 42.3. The minimum Gasteiger partial charge on any atom is -0.508 e. The normalized spacial score (nSPS) is 16.2. The second kappa shape index (κ2) is 7.37. The topological polar surface area (TPSA) is 60.9 Å². The molecule has 2 aliphatic heterocycles. The van der Waals surface area contributed by atoms with Gasteiger partial charge >= 0.3 is 6.18 Å². The molecule has 0 aliphatic carbocycles. The lowest BCUT2D eigenvalue weighted by molar-refractivity contribution is -0.137. The SMILES string of the molecule is C=CC(=O)N1CC(N2Cc3cc(C(F)(F)F)c(-c4cc(O)cc5ccccc45)cc3C2=O)C1. The highest BCUT2D eigenvalue weighted by atomic mass is 19.4. The van der Waals surface area contributed by atoms with Gasteiger partial charge < -0.3 is 14.9 Å². The molecule has 1 saturated heterocycles. The number of alkyl halides is 3. The van der Waals surface area contributed by atoms with E-state index in [1.165, 1.54) is 34.1 Å². The van der Waals surface area contributed by atoms with Gasteiger partial charge in [0.15, 0.2) is 0 Å². The fourth-order valence-electron chi connectivity index (χ4n) is 4.62. The standard InChI is InChI=1S/C25H19F3N2O3/c1-2-23(32)29-12-16(13-29)30-11-15-8-22(25(26,27)28)21(10-19(15)24(30)33)20-9-17(31)7-14-5-3-4-6-18(14)20/h2-10,16,31H,1,11-13H2. The maximum absolute atomic E-state index is 14.1. The van der Waals surface area contributed by atoms with Gasteiger partial charge in [-0.3, -0.25) is 9.59 Å². The summed E-state index contributed by atoms with van der Waals surface area (Å²) in [6, 6.07) is 11.7. The fraction of sp³-hybridized carbons (Fsp3) is 0.200. The van der Waals surface area contributed by atoms with Crippen LogP contribution in [-0.4, -0.2) is 45.9 Å². The van der Waals surface area contributed by atoms with E-state index in [-0.39, 0.29) is 46.8 Å². The molecule has 0 unspecified atom stereocenters. The van der Waals surface area contributed by atoms with E-state index in [1.54, 1.807) is 24.3 Å². The Kier molecular flexibility index (Phi) is 4.70. The monoisotopic (exact) mass is 452 g/mol. The lowest BCUT2D eigenvalue weighted by Gasteiger charge is -2.43. The van der Waals surface area contributed by atoms with Gasteiger partial charge in [0.05, 0.1) is 11.6 Å². The van der Waals surface area contributed by atoms with Crippen LogP contribution in [0.3, 0.4) is 0 Å². The van der Waals surface area contributed by atoms with E-state index >= 15 is 0 Å². The molecule has 0 saturated carbocycles. The van der Waals surface area contributed by atoms with Crippen molar-refractivity contribution in [2.24, 2.45) is 0 Å². The summed E-state index contributed by atoms with van der Waals surface area (Å²) >= 11 is 0. The van der Waals surface area contributed by atoms with Gasteiger partial charge in [-0.2, -0.15) is 13.2 Å². The van der Waals surface area contributed by atoms with Gasteiger partial charge in [-0.25, -0.2) is 0 Å². The van der Waals surface area contributed by atoms with Crippen molar-refractivity contribution < 1.29 is 27.9 Å². The number of phenolic OH excluding ortho intramolecular Hbond substituents is 1. The first-order valence-electron chi connectivity index (χ1n) is 10.4. The van der Waals surface area contributed by atoms with Crippen LogP contribution in [0.5, 0.6) is 5.75 Å². The first kappa shape index (κ1) is 21.1. The van der Waals surface area contributed by atoms with Gasteiger partial charge in [-0.05, 0) is 57.8 Å². The number of hydrogen-bond donors (Lipinski definition) is 1. The predicted octanol–water partition coefficient (Wildman–Crippen LogP) is 4.58. The molecule has 1 fully saturated rings. The molecule has 0 spiro atoms. The van der Waals surface area contributed by atoms with E-state index in [9.17, 15) is 27.9 Å². The summed E-state index contributed by atoms with van der Waals surface area (Å²) in [5, 5.41) is 11.3. The van der Waals surface area contributed by atoms with Crippen LogP contribution in [0.15, 0.2) is 61.2 Å². The molecule has 2 aliphatic rings. The van der Waals surface area contributed by atoms with Gasteiger partial charge in [0.1, 0.15) is 5.75 Å². The number of amides is 2. The Balaban J connectivity index is 1.60. The molecule has 0 bridgehead atoms. The van der Waals surface area contributed by atoms with Crippen LogP contribution in [0.4, 0.5) is 13.2 Å². The van der Waals surface area contributed by atoms with Crippen LogP contribution in [-0.2, 0) is 17.5 Å². The second-order valence-corrected chi connectivity index (χ2v) is 8.30. The molecule has 168 valence electrons. The van der Waals surface area contributed by atoms with Crippen molar-refractivity contribution in [3.05, 3.63) is 77.9 Å². The Hall–Kier alpha value is -3.81. The number of benzene rings is 3. The maximum atomic E-state index is 14.1. The van der Waals surface area contributed by atoms with Crippen LogP contribution in [0.2, 0.25) is 0 Å². The van der Waals surface area contributed by atoms with Crippen molar-refractivity contribution in [3.8, 4) is 16.9 Å². The van der Waals surface area contributed by atoms with E-state index in [0.29, 0.717) is 29.4 Å². The summed E-state index contributed by atoms with van der Waals surface area (Å²) in [5.74, 6) is -0.764. The first-order valence-corrected chi connectivity index (χ1v) is 10.4. The van der Waals surface area contributed by atoms with Crippen LogP contribution in [0.25, 0.3) is 21.9 Å². The summed E-state index contributed by atoms with van der Waals surface area (Å²) in [4.78, 5) is 27.9. The van der Waals surface area contributed by atoms with Crippen LogP contribution < -0.4 is 0 Å². The van der Waals surface area contributed by atoms with Crippen molar-refractivity contribution in [2.75, 3.05) is 13.1 Å².